The topological polar surface area (TPSA) is 77.4 Å². The fraction of sp³-hybridized carbons (Fsp3) is 0.769. The first kappa shape index (κ1) is 16.4. The van der Waals surface area contributed by atoms with E-state index >= 15 is 0 Å². The molecule has 1 aromatic heterocycles. The Labute approximate surface area is 121 Å². The number of nitrogens with one attached hydrogen (secondary N) is 1. The van der Waals surface area contributed by atoms with E-state index in [1.807, 2.05) is 44.8 Å². The maximum Gasteiger partial charge on any atom is 0.232 e. The molecule has 0 amide bonds. The highest BCUT2D eigenvalue weighted by Gasteiger charge is 2.26. The summed E-state index contributed by atoms with van der Waals surface area (Å²) in [4.78, 5) is 16.9. The van der Waals surface area contributed by atoms with Crippen LogP contribution in [0.25, 0.3) is 0 Å². The summed E-state index contributed by atoms with van der Waals surface area (Å²) in [6.07, 6.45) is 0.996. The van der Waals surface area contributed by atoms with Gasteiger partial charge in [0.15, 0.2) is 0 Å². The second-order valence-corrected chi connectivity index (χ2v) is 5.61. The molecule has 0 aromatic carbocycles. The van der Waals surface area contributed by atoms with Gasteiger partial charge in [-0.05, 0) is 20.3 Å². The zero-order valence-electron chi connectivity index (χ0n) is 13.3. The van der Waals surface area contributed by atoms with Crippen LogP contribution >= 0.6 is 0 Å². The summed E-state index contributed by atoms with van der Waals surface area (Å²) in [5, 5.41) is 12.7. The molecule has 0 aliphatic heterocycles. The SMILES string of the molecule is CCCNc1nc(N(C)C)nc(N(C)C(C)(C)CO)n1. The van der Waals surface area contributed by atoms with Crippen molar-refractivity contribution in [2.24, 2.45) is 0 Å². The minimum absolute atomic E-state index is 0.0181. The fourth-order valence-corrected chi connectivity index (χ4v) is 1.40. The van der Waals surface area contributed by atoms with Crippen LogP contribution in [0.1, 0.15) is 27.2 Å². The van der Waals surface area contributed by atoms with Crippen LogP contribution in [-0.2, 0) is 0 Å². The smallest absolute Gasteiger partial charge is 0.232 e. The quantitative estimate of drug-likeness (QED) is 0.771. The molecule has 20 heavy (non-hydrogen) atoms. The van der Waals surface area contributed by atoms with E-state index in [2.05, 4.69) is 27.2 Å². The molecule has 0 saturated carbocycles. The van der Waals surface area contributed by atoms with E-state index in [0.29, 0.717) is 17.8 Å². The second-order valence-electron chi connectivity index (χ2n) is 5.61. The molecule has 0 radical (unpaired) electrons. The zero-order valence-corrected chi connectivity index (χ0v) is 13.3. The third kappa shape index (κ3) is 3.93. The van der Waals surface area contributed by atoms with Crippen molar-refractivity contribution < 1.29 is 5.11 Å². The lowest BCUT2D eigenvalue weighted by atomic mass is 10.1. The van der Waals surface area contributed by atoms with Gasteiger partial charge in [0, 0.05) is 27.7 Å². The Bertz CT molecular complexity index is 435. The minimum Gasteiger partial charge on any atom is -0.394 e. The van der Waals surface area contributed by atoms with Gasteiger partial charge in [-0.1, -0.05) is 6.92 Å². The number of rotatable bonds is 7. The molecule has 0 spiro atoms. The normalized spacial score (nSPS) is 11.3. The lowest BCUT2D eigenvalue weighted by Gasteiger charge is -2.34. The van der Waals surface area contributed by atoms with E-state index in [1.54, 1.807) is 0 Å². The number of aliphatic hydroxyl groups is 1. The van der Waals surface area contributed by atoms with Gasteiger partial charge in [0.25, 0.3) is 0 Å². The predicted octanol–water partition coefficient (Wildman–Crippen LogP) is 0.967. The zero-order chi connectivity index (χ0) is 15.3. The molecule has 0 bridgehead atoms. The van der Waals surface area contributed by atoms with E-state index in [1.165, 1.54) is 0 Å². The molecule has 0 aliphatic carbocycles. The van der Waals surface area contributed by atoms with Crippen LogP contribution in [-0.4, -0.2) is 59.9 Å². The van der Waals surface area contributed by atoms with Crippen molar-refractivity contribution in [3.05, 3.63) is 0 Å². The summed E-state index contributed by atoms with van der Waals surface area (Å²) in [7, 11) is 5.65. The lowest BCUT2D eigenvalue weighted by Crippen LogP contribution is -2.45. The Morgan fingerprint density at radius 2 is 1.70 bits per heavy atom. The number of hydrogen-bond acceptors (Lipinski definition) is 7. The van der Waals surface area contributed by atoms with Crippen molar-refractivity contribution in [3.8, 4) is 0 Å². The van der Waals surface area contributed by atoms with E-state index in [4.69, 9.17) is 0 Å². The highest BCUT2D eigenvalue weighted by molar-refractivity contribution is 5.45. The summed E-state index contributed by atoms with van der Waals surface area (Å²) >= 11 is 0. The monoisotopic (exact) mass is 282 g/mol. The van der Waals surface area contributed by atoms with Gasteiger partial charge in [0.1, 0.15) is 0 Å². The van der Waals surface area contributed by atoms with Crippen molar-refractivity contribution in [2.75, 3.05) is 49.4 Å². The number of anilines is 3. The maximum absolute atomic E-state index is 9.48. The fourth-order valence-electron chi connectivity index (χ4n) is 1.40. The van der Waals surface area contributed by atoms with Crippen molar-refractivity contribution in [1.29, 1.82) is 0 Å². The Hall–Kier alpha value is -1.63. The van der Waals surface area contributed by atoms with E-state index < -0.39 is 5.54 Å². The first-order valence-corrected chi connectivity index (χ1v) is 6.83. The van der Waals surface area contributed by atoms with Crippen LogP contribution < -0.4 is 15.1 Å². The van der Waals surface area contributed by atoms with Gasteiger partial charge in [-0.25, -0.2) is 0 Å². The molecule has 0 saturated heterocycles. The number of aliphatic hydroxyl groups excluding tert-OH is 1. The Balaban J connectivity index is 3.14. The summed E-state index contributed by atoms with van der Waals surface area (Å²) in [6, 6.07) is 0. The minimum atomic E-state index is -0.438. The molecule has 2 N–H and O–H groups in total. The number of nitrogens with zero attached hydrogens (tertiary/aromatic N) is 5. The first-order valence-electron chi connectivity index (χ1n) is 6.83. The van der Waals surface area contributed by atoms with Crippen LogP contribution in [0.2, 0.25) is 0 Å². The average molecular weight is 282 g/mol. The van der Waals surface area contributed by atoms with Crippen LogP contribution in [0, 0.1) is 0 Å². The molecule has 1 heterocycles. The molecule has 7 heteroatoms. The molecule has 114 valence electrons. The van der Waals surface area contributed by atoms with Gasteiger partial charge >= 0.3 is 0 Å². The van der Waals surface area contributed by atoms with Crippen LogP contribution in [0.4, 0.5) is 17.8 Å². The van der Waals surface area contributed by atoms with Gasteiger partial charge < -0.3 is 20.2 Å². The third-order valence-corrected chi connectivity index (χ3v) is 3.14. The lowest BCUT2D eigenvalue weighted by molar-refractivity contribution is 0.215. The van der Waals surface area contributed by atoms with Gasteiger partial charge in [0.2, 0.25) is 17.8 Å². The first-order chi connectivity index (χ1) is 9.31. The van der Waals surface area contributed by atoms with Crippen molar-refractivity contribution >= 4 is 17.8 Å². The molecule has 7 nitrogen and oxygen atoms in total. The molecule has 0 atom stereocenters. The molecular weight excluding hydrogens is 256 g/mol. The van der Waals surface area contributed by atoms with Gasteiger partial charge in [-0.2, -0.15) is 15.0 Å². The summed E-state index contributed by atoms with van der Waals surface area (Å²) in [5.74, 6) is 1.69. The number of likely N-dealkylation sites (N-methyl/N-ethyl adjacent to an activating group) is 1. The van der Waals surface area contributed by atoms with Gasteiger partial charge in [0.05, 0.1) is 12.1 Å². The van der Waals surface area contributed by atoms with E-state index in [0.717, 1.165) is 13.0 Å². The van der Waals surface area contributed by atoms with E-state index in [-0.39, 0.29) is 6.61 Å². The van der Waals surface area contributed by atoms with Crippen molar-refractivity contribution in [2.45, 2.75) is 32.7 Å². The predicted molar refractivity (Wildman–Crippen MR) is 82.5 cm³/mol. The number of aromatic nitrogens is 3. The molecule has 0 aliphatic rings. The van der Waals surface area contributed by atoms with Crippen molar-refractivity contribution in [3.63, 3.8) is 0 Å². The summed E-state index contributed by atoms with van der Waals surface area (Å²) in [6.45, 7) is 6.78. The summed E-state index contributed by atoms with van der Waals surface area (Å²) < 4.78 is 0. The third-order valence-electron chi connectivity index (χ3n) is 3.14. The van der Waals surface area contributed by atoms with Crippen molar-refractivity contribution in [1.82, 2.24) is 15.0 Å². The van der Waals surface area contributed by atoms with E-state index in [9.17, 15) is 5.11 Å². The molecule has 1 aromatic rings. The maximum atomic E-state index is 9.48. The molecular formula is C13H26N6O. The van der Waals surface area contributed by atoms with Crippen LogP contribution in [0.3, 0.4) is 0 Å². The second kappa shape index (κ2) is 6.69. The largest absolute Gasteiger partial charge is 0.394 e. The Morgan fingerprint density at radius 3 is 2.20 bits per heavy atom. The molecule has 1 rings (SSSR count). The average Bonchev–Trinajstić information content (AvgIpc) is 2.43. The van der Waals surface area contributed by atoms with Gasteiger partial charge in [-0.15, -0.1) is 0 Å². The van der Waals surface area contributed by atoms with Gasteiger partial charge in [-0.3, -0.25) is 0 Å². The Morgan fingerprint density at radius 1 is 1.10 bits per heavy atom. The molecule has 0 unspecified atom stereocenters. The number of hydrogen-bond donors (Lipinski definition) is 2. The summed E-state index contributed by atoms with van der Waals surface area (Å²) in [5.41, 5.74) is -0.438. The Kier molecular flexibility index (Phi) is 5.50. The highest BCUT2D eigenvalue weighted by Crippen LogP contribution is 2.21. The van der Waals surface area contributed by atoms with Crippen LogP contribution in [0.15, 0.2) is 0 Å². The highest BCUT2D eigenvalue weighted by atomic mass is 16.3. The molecule has 0 fully saturated rings. The standard InChI is InChI=1S/C13H26N6O/c1-7-8-14-10-15-11(18(4)5)17-12(16-10)19(6)13(2,3)9-20/h20H,7-9H2,1-6H3,(H,14,15,16,17). The van der Waals surface area contributed by atoms with Crippen LogP contribution in [0.5, 0.6) is 0 Å².